The van der Waals surface area contributed by atoms with Crippen molar-refractivity contribution in [2.45, 2.75) is 13.8 Å². The van der Waals surface area contributed by atoms with E-state index in [9.17, 15) is 4.79 Å². The van der Waals surface area contributed by atoms with Crippen LogP contribution in [0.3, 0.4) is 0 Å². The zero-order chi connectivity index (χ0) is 24.7. The summed E-state index contributed by atoms with van der Waals surface area (Å²) < 4.78 is 0. The fraction of sp³-hybridized carbons (Fsp3) is 0.0714. The Morgan fingerprint density at radius 1 is 0.886 bits per heavy atom. The Bertz CT molecular complexity index is 1580. The average Bonchev–Trinajstić information content (AvgIpc) is 3.18. The second-order valence-electron chi connectivity index (χ2n) is 8.37. The third kappa shape index (κ3) is 4.63. The van der Waals surface area contributed by atoms with Crippen LogP contribution in [-0.4, -0.2) is 10.9 Å². The van der Waals surface area contributed by atoms with Gasteiger partial charge in [-0.25, -0.2) is 4.98 Å². The van der Waals surface area contributed by atoms with Gasteiger partial charge in [-0.1, -0.05) is 71.2 Å². The molecule has 0 fully saturated rings. The summed E-state index contributed by atoms with van der Waals surface area (Å²) in [7, 11) is 0. The van der Waals surface area contributed by atoms with E-state index in [2.05, 4.69) is 17.4 Å². The van der Waals surface area contributed by atoms with Crippen molar-refractivity contribution in [2.24, 2.45) is 0 Å². The molecule has 1 amide bonds. The molecule has 5 aromatic rings. The van der Waals surface area contributed by atoms with E-state index >= 15 is 0 Å². The molecule has 0 aliphatic heterocycles. The van der Waals surface area contributed by atoms with Crippen molar-refractivity contribution in [2.75, 3.05) is 11.1 Å². The highest BCUT2D eigenvalue weighted by Gasteiger charge is 2.22. The summed E-state index contributed by atoms with van der Waals surface area (Å²) in [6, 6.07) is 23.2. The number of nitrogens with two attached hydrogens (primary N) is 1. The number of nitrogens with one attached hydrogen (secondary N) is 1. The molecule has 0 unspecified atom stereocenters. The normalized spacial score (nSPS) is 11.1. The summed E-state index contributed by atoms with van der Waals surface area (Å²) in [5, 5.41) is 4.89. The third-order valence-corrected chi connectivity index (χ3v) is 7.44. The van der Waals surface area contributed by atoms with Crippen LogP contribution in [0.4, 0.5) is 11.4 Å². The van der Waals surface area contributed by atoms with Crippen LogP contribution in [0.5, 0.6) is 0 Å². The van der Waals surface area contributed by atoms with E-state index in [1.807, 2.05) is 62.4 Å². The molecule has 5 rings (SSSR count). The maximum Gasteiger partial charge on any atom is 0.267 e. The van der Waals surface area contributed by atoms with Crippen LogP contribution < -0.4 is 11.1 Å². The van der Waals surface area contributed by atoms with Gasteiger partial charge in [-0.05, 0) is 60.9 Å². The van der Waals surface area contributed by atoms with Crippen LogP contribution in [0.2, 0.25) is 10.0 Å². The molecule has 0 spiro atoms. The van der Waals surface area contributed by atoms with E-state index in [1.54, 1.807) is 12.1 Å². The van der Waals surface area contributed by atoms with Gasteiger partial charge >= 0.3 is 0 Å². The summed E-state index contributed by atoms with van der Waals surface area (Å²) in [6.45, 7) is 3.96. The number of aryl methyl sites for hydroxylation is 2. The number of amides is 1. The molecule has 0 bridgehead atoms. The van der Waals surface area contributed by atoms with Gasteiger partial charge in [0.15, 0.2) is 0 Å². The highest BCUT2D eigenvalue weighted by molar-refractivity contribution is 7.21. The van der Waals surface area contributed by atoms with Crippen LogP contribution >= 0.6 is 34.5 Å². The number of aromatic nitrogens is 1. The number of anilines is 2. The molecule has 4 nitrogen and oxygen atoms in total. The Morgan fingerprint density at radius 2 is 1.54 bits per heavy atom. The molecule has 0 saturated heterocycles. The molecular formula is C28H21Cl2N3OS. The molecule has 174 valence electrons. The lowest BCUT2D eigenvalue weighted by molar-refractivity contribution is 0.103. The number of rotatable bonds is 4. The van der Waals surface area contributed by atoms with Crippen molar-refractivity contribution in [3.63, 3.8) is 0 Å². The third-order valence-electron chi connectivity index (χ3n) is 5.86. The SMILES string of the molecule is Cc1ccc(-c2cc(-c3ccc(Cl)cc3)c3c(N)c(C(=O)Nc4cc(Cl)ccc4C)sc3n2)cc1. The Balaban J connectivity index is 1.67. The minimum absolute atomic E-state index is 0.296. The number of halogens is 2. The number of hydrogen-bond acceptors (Lipinski definition) is 4. The average molecular weight is 518 g/mol. The van der Waals surface area contributed by atoms with Crippen LogP contribution in [0.1, 0.15) is 20.8 Å². The molecule has 3 N–H and O–H groups in total. The monoisotopic (exact) mass is 517 g/mol. The van der Waals surface area contributed by atoms with Crippen LogP contribution in [0.25, 0.3) is 32.6 Å². The molecule has 0 atom stereocenters. The van der Waals surface area contributed by atoms with Gasteiger partial charge in [-0.3, -0.25) is 4.79 Å². The Labute approximate surface area is 217 Å². The number of nitrogen functional groups attached to an aromatic ring is 1. The number of carbonyl (C=O) groups is 1. The topological polar surface area (TPSA) is 68.0 Å². The molecule has 2 aromatic heterocycles. The van der Waals surface area contributed by atoms with Crippen LogP contribution in [0, 0.1) is 13.8 Å². The van der Waals surface area contributed by atoms with E-state index in [4.69, 9.17) is 33.9 Å². The first-order chi connectivity index (χ1) is 16.8. The van der Waals surface area contributed by atoms with E-state index < -0.39 is 0 Å². The van der Waals surface area contributed by atoms with Gasteiger partial charge in [0.05, 0.1) is 11.4 Å². The largest absolute Gasteiger partial charge is 0.397 e. The van der Waals surface area contributed by atoms with Crippen molar-refractivity contribution < 1.29 is 4.79 Å². The van der Waals surface area contributed by atoms with Crippen molar-refractivity contribution >= 4 is 62.0 Å². The number of hydrogen-bond donors (Lipinski definition) is 2. The second kappa shape index (κ2) is 9.34. The van der Waals surface area contributed by atoms with Crippen LogP contribution in [0.15, 0.2) is 72.8 Å². The first kappa shape index (κ1) is 23.4. The molecule has 0 radical (unpaired) electrons. The molecule has 35 heavy (non-hydrogen) atoms. The molecule has 2 heterocycles. The van der Waals surface area contributed by atoms with Crippen LogP contribution in [-0.2, 0) is 0 Å². The number of nitrogens with zero attached hydrogens (tertiary/aromatic N) is 1. The van der Waals surface area contributed by atoms with E-state index in [-0.39, 0.29) is 5.91 Å². The lowest BCUT2D eigenvalue weighted by Crippen LogP contribution is -2.12. The smallest absolute Gasteiger partial charge is 0.267 e. The molecule has 0 saturated carbocycles. The summed E-state index contributed by atoms with van der Waals surface area (Å²) in [6.07, 6.45) is 0. The van der Waals surface area contributed by atoms with Gasteiger partial charge < -0.3 is 11.1 Å². The summed E-state index contributed by atoms with van der Waals surface area (Å²) in [5.41, 5.74) is 13.3. The number of fused-ring (bicyclic) bond motifs is 1. The molecule has 7 heteroatoms. The summed E-state index contributed by atoms with van der Waals surface area (Å²) in [5.74, 6) is -0.296. The van der Waals surface area contributed by atoms with Gasteiger partial charge in [0.2, 0.25) is 0 Å². The lowest BCUT2D eigenvalue weighted by Gasteiger charge is -2.10. The zero-order valence-electron chi connectivity index (χ0n) is 19.0. The number of carbonyl (C=O) groups excluding carboxylic acids is 1. The van der Waals surface area contributed by atoms with Crippen molar-refractivity contribution in [3.05, 3.63) is 98.8 Å². The fourth-order valence-corrected chi connectivity index (χ4v) is 5.24. The second-order valence-corrected chi connectivity index (χ2v) is 10.2. The van der Waals surface area contributed by atoms with Crippen molar-refractivity contribution in [1.29, 1.82) is 0 Å². The first-order valence-corrected chi connectivity index (χ1v) is 12.5. The van der Waals surface area contributed by atoms with Gasteiger partial charge in [-0.2, -0.15) is 0 Å². The quantitative estimate of drug-likeness (QED) is 0.251. The number of benzene rings is 3. The predicted molar refractivity (Wildman–Crippen MR) is 149 cm³/mol. The number of thiophene rings is 1. The van der Waals surface area contributed by atoms with Crippen molar-refractivity contribution in [3.8, 4) is 22.4 Å². The molecule has 0 aliphatic carbocycles. The minimum Gasteiger partial charge on any atom is -0.397 e. The number of pyridine rings is 1. The lowest BCUT2D eigenvalue weighted by atomic mass is 9.99. The minimum atomic E-state index is -0.296. The Hall–Kier alpha value is -3.38. The standard InChI is InChI=1S/C28H21Cl2N3OS/c1-15-3-6-18(7-4-15)23-14-21(17-8-11-19(29)12-9-17)24-25(31)26(35-28(24)33-23)27(34)32-22-13-20(30)10-5-16(22)2/h3-14H,31H2,1-2H3,(H,32,34). The Kier molecular flexibility index (Phi) is 6.24. The van der Waals surface area contributed by atoms with Gasteiger partial charge in [0.1, 0.15) is 9.71 Å². The first-order valence-electron chi connectivity index (χ1n) is 10.9. The van der Waals surface area contributed by atoms with Gasteiger partial charge in [-0.15, -0.1) is 11.3 Å². The zero-order valence-corrected chi connectivity index (χ0v) is 21.4. The van der Waals surface area contributed by atoms with Gasteiger partial charge in [0, 0.05) is 26.7 Å². The predicted octanol–water partition coefficient (Wildman–Crippen LogP) is 8.39. The maximum atomic E-state index is 13.3. The van der Waals surface area contributed by atoms with E-state index in [0.29, 0.717) is 31.1 Å². The van der Waals surface area contributed by atoms with E-state index in [0.717, 1.165) is 33.3 Å². The summed E-state index contributed by atoms with van der Waals surface area (Å²) >= 11 is 13.6. The molecule has 3 aromatic carbocycles. The van der Waals surface area contributed by atoms with Gasteiger partial charge in [0.25, 0.3) is 5.91 Å². The molecular weight excluding hydrogens is 497 g/mol. The molecule has 0 aliphatic rings. The fourth-order valence-electron chi connectivity index (χ4n) is 3.93. The Morgan fingerprint density at radius 3 is 2.26 bits per heavy atom. The highest BCUT2D eigenvalue weighted by atomic mass is 35.5. The van der Waals surface area contributed by atoms with Crippen molar-refractivity contribution in [1.82, 2.24) is 4.98 Å². The highest BCUT2D eigenvalue weighted by Crippen LogP contribution is 2.42. The maximum absolute atomic E-state index is 13.3. The summed E-state index contributed by atoms with van der Waals surface area (Å²) in [4.78, 5) is 19.3. The van der Waals surface area contributed by atoms with E-state index in [1.165, 1.54) is 16.9 Å².